The van der Waals surface area contributed by atoms with Gasteiger partial charge in [-0.1, -0.05) is 32.0 Å². The lowest BCUT2D eigenvalue weighted by Gasteiger charge is -2.34. The van der Waals surface area contributed by atoms with Crippen molar-refractivity contribution in [2.24, 2.45) is 11.8 Å². The van der Waals surface area contributed by atoms with Crippen molar-refractivity contribution in [1.82, 2.24) is 4.90 Å². The van der Waals surface area contributed by atoms with Gasteiger partial charge in [0.2, 0.25) is 0 Å². The molecule has 0 spiro atoms. The topological polar surface area (TPSA) is 55.8 Å². The molecule has 0 saturated carbocycles. The lowest BCUT2D eigenvalue weighted by Crippen LogP contribution is -2.44. The second-order valence-electron chi connectivity index (χ2n) is 6.32. The minimum atomic E-state index is -0.410. The van der Waals surface area contributed by atoms with Crippen LogP contribution in [0.5, 0.6) is 5.75 Å². The van der Waals surface area contributed by atoms with Crippen molar-refractivity contribution in [3.05, 3.63) is 30.3 Å². The molecule has 1 saturated heterocycles. The summed E-state index contributed by atoms with van der Waals surface area (Å²) in [6.07, 6.45) is 1.27. The van der Waals surface area contributed by atoms with E-state index in [0.717, 1.165) is 19.5 Å². The van der Waals surface area contributed by atoms with E-state index in [2.05, 4.69) is 13.8 Å². The molecule has 2 rings (SSSR count). The van der Waals surface area contributed by atoms with Gasteiger partial charge in [0.1, 0.15) is 5.75 Å². The summed E-state index contributed by atoms with van der Waals surface area (Å²) in [4.78, 5) is 25.6. The first-order valence-corrected chi connectivity index (χ1v) is 8.16. The predicted octanol–water partition coefficient (Wildman–Crippen LogP) is 2.50. The van der Waals surface area contributed by atoms with Crippen LogP contribution in [0.15, 0.2) is 30.3 Å². The summed E-state index contributed by atoms with van der Waals surface area (Å²) >= 11 is 0. The van der Waals surface area contributed by atoms with E-state index in [1.807, 2.05) is 30.3 Å². The molecule has 0 aromatic heterocycles. The normalized spacial score (nSPS) is 20.9. The quantitative estimate of drug-likeness (QED) is 0.756. The number of piperidine rings is 1. The number of carbonyl (C=O) groups is 2. The van der Waals surface area contributed by atoms with Crippen LogP contribution < -0.4 is 4.74 Å². The molecule has 1 amide bonds. The van der Waals surface area contributed by atoms with Crippen LogP contribution in [0.2, 0.25) is 0 Å². The number of likely N-dealkylation sites (tertiary alicyclic amines) is 1. The van der Waals surface area contributed by atoms with E-state index in [-0.39, 0.29) is 25.5 Å². The number of amides is 1. The number of hydrogen-bond acceptors (Lipinski definition) is 4. The highest BCUT2D eigenvalue weighted by Crippen LogP contribution is 2.20. The number of nitrogens with zero attached hydrogens (tertiary/aromatic N) is 1. The monoisotopic (exact) mass is 319 g/mol. The van der Waals surface area contributed by atoms with Crippen molar-refractivity contribution >= 4 is 11.9 Å². The van der Waals surface area contributed by atoms with Crippen LogP contribution in [-0.2, 0) is 14.3 Å². The summed E-state index contributed by atoms with van der Waals surface area (Å²) in [6.45, 7) is 5.85. The number of esters is 1. The Hall–Kier alpha value is -2.04. The van der Waals surface area contributed by atoms with Crippen LogP contribution in [0.25, 0.3) is 0 Å². The fourth-order valence-electron chi connectivity index (χ4n) is 2.94. The van der Waals surface area contributed by atoms with Gasteiger partial charge in [0.05, 0.1) is 13.0 Å². The van der Waals surface area contributed by atoms with Crippen molar-refractivity contribution in [2.45, 2.75) is 26.7 Å². The molecule has 23 heavy (non-hydrogen) atoms. The van der Waals surface area contributed by atoms with Crippen molar-refractivity contribution in [3.63, 3.8) is 0 Å². The van der Waals surface area contributed by atoms with Gasteiger partial charge in [-0.25, -0.2) is 0 Å². The van der Waals surface area contributed by atoms with Crippen molar-refractivity contribution in [2.75, 3.05) is 26.3 Å². The Labute approximate surface area is 137 Å². The molecule has 5 heteroatoms. The van der Waals surface area contributed by atoms with Crippen molar-refractivity contribution in [3.8, 4) is 5.75 Å². The van der Waals surface area contributed by atoms with E-state index in [1.54, 1.807) is 4.90 Å². The second kappa shape index (κ2) is 8.56. The molecule has 126 valence electrons. The Morgan fingerprint density at radius 1 is 1.13 bits per heavy atom. The molecule has 0 bridgehead atoms. The van der Waals surface area contributed by atoms with Crippen LogP contribution in [0.1, 0.15) is 26.7 Å². The Bertz CT molecular complexity index is 507. The summed E-state index contributed by atoms with van der Waals surface area (Å²) in [7, 11) is 0. The van der Waals surface area contributed by atoms with E-state index in [4.69, 9.17) is 9.47 Å². The van der Waals surface area contributed by atoms with Gasteiger partial charge in [-0.2, -0.15) is 0 Å². The zero-order valence-corrected chi connectivity index (χ0v) is 13.9. The van der Waals surface area contributed by atoms with E-state index in [1.165, 1.54) is 0 Å². The van der Waals surface area contributed by atoms with E-state index >= 15 is 0 Å². The molecular weight excluding hydrogens is 294 g/mol. The predicted molar refractivity (Wildman–Crippen MR) is 87.0 cm³/mol. The Kier molecular flexibility index (Phi) is 6.44. The number of rotatable bonds is 6. The lowest BCUT2D eigenvalue weighted by molar-refractivity contribution is -0.153. The molecule has 1 aromatic rings. The summed E-state index contributed by atoms with van der Waals surface area (Å²) < 4.78 is 10.5. The maximum atomic E-state index is 12.1. The Morgan fingerprint density at radius 3 is 2.43 bits per heavy atom. The zero-order chi connectivity index (χ0) is 16.7. The average molecular weight is 319 g/mol. The summed E-state index contributed by atoms with van der Waals surface area (Å²) in [6, 6.07) is 9.29. The van der Waals surface area contributed by atoms with Crippen molar-refractivity contribution in [1.29, 1.82) is 0 Å². The van der Waals surface area contributed by atoms with Crippen LogP contribution in [-0.4, -0.2) is 43.1 Å². The SMILES string of the molecule is C[C@H]1C[C@H](C)CN(C(=O)COC(=O)CCOc2ccccc2)C1. The molecule has 0 radical (unpaired) electrons. The maximum absolute atomic E-state index is 12.1. The van der Waals surface area contributed by atoms with Crippen LogP contribution in [0.4, 0.5) is 0 Å². The Balaban J connectivity index is 1.64. The molecule has 1 heterocycles. The molecule has 1 fully saturated rings. The molecule has 0 aliphatic carbocycles. The minimum Gasteiger partial charge on any atom is -0.493 e. The largest absolute Gasteiger partial charge is 0.493 e. The zero-order valence-electron chi connectivity index (χ0n) is 13.9. The number of hydrogen-bond donors (Lipinski definition) is 0. The van der Waals surface area contributed by atoms with Gasteiger partial charge in [-0.3, -0.25) is 9.59 Å². The summed E-state index contributed by atoms with van der Waals surface area (Å²) in [5.74, 6) is 1.19. The molecular formula is C18H25NO4. The van der Waals surface area contributed by atoms with Gasteiger partial charge in [-0.05, 0) is 30.4 Å². The second-order valence-corrected chi connectivity index (χ2v) is 6.32. The van der Waals surface area contributed by atoms with E-state index in [0.29, 0.717) is 17.6 Å². The molecule has 1 aromatic carbocycles. The van der Waals surface area contributed by atoms with Gasteiger partial charge in [0, 0.05) is 13.1 Å². The minimum absolute atomic E-state index is 0.110. The summed E-state index contributed by atoms with van der Waals surface area (Å²) in [5.41, 5.74) is 0. The molecule has 5 nitrogen and oxygen atoms in total. The first-order chi connectivity index (χ1) is 11.0. The van der Waals surface area contributed by atoms with Crippen molar-refractivity contribution < 1.29 is 19.1 Å². The highest BCUT2D eigenvalue weighted by molar-refractivity contribution is 5.80. The van der Waals surface area contributed by atoms with Gasteiger partial charge < -0.3 is 14.4 Å². The molecule has 1 aliphatic heterocycles. The lowest BCUT2D eigenvalue weighted by atomic mass is 9.92. The number of carbonyl (C=O) groups excluding carboxylic acids is 2. The smallest absolute Gasteiger partial charge is 0.309 e. The first kappa shape index (κ1) is 17.3. The van der Waals surface area contributed by atoms with E-state index in [9.17, 15) is 9.59 Å². The third-order valence-corrected chi connectivity index (χ3v) is 3.90. The van der Waals surface area contributed by atoms with Crippen LogP contribution >= 0.6 is 0 Å². The average Bonchev–Trinajstić information content (AvgIpc) is 2.52. The number of ether oxygens (including phenoxy) is 2. The fourth-order valence-corrected chi connectivity index (χ4v) is 2.94. The summed E-state index contributed by atoms with van der Waals surface area (Å²) in [5, 5.41) is 0. The fraction of sp³-hybridized carbons (Fsp3) is 0.556. The highest BCUT2D eigenvalue weighted by atomic mass is 16.5. The maximum Gasteiger partial charge on any atom is 0.309 e. The van der Waals surface area contributed by atoms with Gasteiger partial charge in [-0.15, -0.1) is 0 Å². The van der Waals surface area contributed by atoms with Gasteiger partial charge in [0.25, 0.3) is 5.91 Å². The van der Waals surface area contributed by atoms with E-state index < -0.39 is 5.97 Å². The standard InChI is InChI=1S/C18H25NO4/c1-14-10-15(2)12-19(11-14)17(20)13-23-18(21)8-9-22-16-6-4-3-5-7-16/h3-7,14-15H,8-13H2,1-2H3/t14-,15-/m0/s1. The van der Waals surface area contributed by atoms with Crippen LogP contribution in [0.3, 0.4) is 0 Å². The molecule has 1 aliphatic rings. The van der Waals surface area contributed by atoms with Gasteiger partial charge >= 0.3 is 5.97 Å². The first-order valence-electron chi connectivity index (χ1n) is 8.16. The van der Waals surface area contributed by atoms with Crippen LogP contribution in [0, 0.1) is 11.8 Å². The Morgan fingerprint density at radius 2 is 1.78 bits per heavy atom. The third-order valence-electron chi connectivity index (χ3n) is 3.90. The number of para-hydroxylation sites is 1. The van der Waals surface area contributed by atoms with Gasteiger partial charge in [0.15, 0.2) is 6.61 Å². The molecule has 0 N–H and O–H groups in total. The number of benzene rings is 1. The highest BCUT2D eigenvalue weighted by Gasteiger charge is 2.25. The third kappa shape index (κ3) is 5.93. The molecule has 0 unspecified atom stereocenters. The molecule has 2 atom stereocenters.